The molecular weight excluding hydrogens is 227 g/mol. The molecule has 0 radical (unpaired) electrons. The van der Waals surface area contributed by atoms with E-state index in [1.165, 1.54) is 0 Å². The van der Waals surface area contributed by atoms with E-state index in [2.05, 4.69) is 6.92 Å². The minimum Gasteiger partial charge on any atom is -0.391 e. The number of hydrogen-bond acceptors (Lipinski definition) is 4. The fourth-order valence-corrected chi connectivity index (χ4v) is 2.72. The predicted molar refractivity (Wildman–Crippen MR) is 60.8 cm³/mol. The first-order valence-corrected chi connectivity index (χ1v) is 6.92. The summed E-state index contributed by atoms with van der Waals surface area (Å²) >= 11 is 0. The molecule has 0 fully saturated rings. The average Bonchev–Trinajstić information content (AvgIpc) is 2.61. The zero-order valence-corrected chi connectivity index (χ0v) is 10.1. The number of phosphoric ester groups is 1. The highest BCUT2D eigenvalue weighted by molar-refractivity contribution is 7.49. The second kappa shape index (κ2) is 4.89. The average molecular weight is 242 g/mol. The lowest BCUT2D eigenvalue weighted by Crippen LogP contribution is -1.99. The van der Waals surface area contributed by atoms with Gasteiger partial charge in [-0.15, -0.1) is 0 Å². The molecule has 0 spiro atoms. The SMILES string of the molecule is CCCCCOP1(=O)Oc2ccccc2O1. The summed E-state index contributed by atoms with van der Waals surface area (Å²) in [5.74, 6) is 0.975. The molecule has 4 nitrogen and oxygen atoms in total. The lowest BCUT2D eigenvalue weighted by atomic mass is 10.3. The molecule has 0 bridgehead atoms. The molecule has 5 heteroatoms. The fourth-order valence-electron chi connectivity index (χ4n) is 1.44. The normalized spacial score (nSPS) is 16.3. The van der Waals surface area contributed by atoms with Gasteiger partial charge in [-0.2, -0.15) is 0 Å². The molecule has 0 atom stereocenters. The van der Waals surface area contributed by atoms with E-state index < -0.39 is 7.82 Å². The third kappa shape index (κ3) is 2.57. The Morgan fingerprint density at radius 1 is 1.19 bits per heavy atom. The summed E-state index contributed by atoms with van der Waals surface area (Å²) in [6.45, 7) is 2.50. The van der Waals surface area contributed by atoms with Crippen LogP contribution >= 0.6 is 7.82 Å². The van der Waals surface area contributed by atoms with Gasteiger partial charge in [0, 0.05) is 0 Å². The van der Waals surface area contributed by atoms with Gasteiger partial charge in [0.25, 0.3) is 0 Å². The van der Waals surface area contributed by atoms with Crippen LogP contribution in [0.1, 0.15) is 26.2 Å². The fraction of sp³-hybridized carbons (Fsp3) is 0.455. The summed E-state index contributed by atoms with van der Waals surface area (Å²) in [4.78, 5) is 0. The van der Waals surface area contributed by atoms with Crippen molar-refractivity contribution in [3.05, 3.63) is 24.3 Å². The van der Waals surface area contributed by atoms with E-state index in [9.17, 15) is 4.57 Å². The second-order valence-electron chi connectivity index (χ2n) is 3.62. The topological polar surface area (TPSA) is 44.8 Å². The minimum atomic E-state index is -3.39. The van der Waals surface area contributed by atoms with Crippen molar-refractivity contribution >= 4 is 7.82 Å². The number of para-hydroxylation sites is 2. The van der Waals surface area contributed by atoms with Crippen molar-refractivity contribution in [3.8, 4) is 11.5 Å². The molecule has 1 aliphatic heterocycles. The summed E-state index contributed by atoms with van der Waals surface area (Å²) in [6.07, 6.45) is 3.01. The summed E-state index contributed by atoms with van der Waals surface area (Å²) in [6, 6.07) is 7.03. The van der Waals surface area contributed by atoms with Crippen molar-refractivity contribution in [1.29, 1.82) is 0 Å². The van der Waals surface area contributed by atoms with Crippen LogP contribution in [0.25, 0.3) is 0 Å². The maximum absolute atomic E-state index is 12.0. The van der Waals surface area contributed by atoms with Gasteiger partial charge in [-0.1, -0.05) is 31.9 Å². The molecule has 0 unspecified atom stereocenters. The molecule has 88 valence electrons. The lowest BCUT2D eigenvalue weighted by Gasteiger charge is -2.09. The number of benzene rings is 1. The summed E-state index contributed by atoms with van der Waals surface area (Å²) in [5, 5.41) is 0. The predicted octanol–water partition coefficient (Wildman–Crippen LogP) is 3.77. The first-order valence-electron chi connectivity index (χ1n) is 5.46. The van der Waals surface area contributed by atoms with Crippen molar-refractivity contribution in [2.75, 3.05) is 6.61 Å². The third-order valence-corrected chi connectivity index (χ3v) is 3.61. The van der Waals surface area contributed by atoms with Gasteiger partial charge in [0.1, 0.15) is 0 Å². The van der Waals surface area contributed by atoms with Crippen LogP contribution < -0.4 is 9.05 Å². The highest BCUT2D eigenvalue weighted by Crippen LogP contribution is 2.58. The van der Waals surface area contributed by atoms with Crippen LogP contribution in [-0.4, -0.2) is 6.61 Å². The Labute approximate surface area is 95.1 Å². The first-order chi connectivity index (χ1) is 7.73. The molecule has 1 aromatic rings. The van der Waals surface area contributed by atoms with Crippen molar-refractivity contribution in [2.24, 2.45) is 0 Å². The molecule has 1 aliphatic rings. The van der Waals surface area contributed by atoms with Gasteiger partial charge in [0.05, 0.1) is 6.61 Å². The van der Waals surface area contributed by atoms with E-state index in [4.69, 9.17) is 13.6 Å². The number of hydrogen-bond donors (Lipinski definition) is 0. The molecule has 2 rings (SSSR count). The second-order valence-corrected chi connectivity index (χ2v) is 5.13. The van der Waals surface area contributed by atoms with Crippen LogP contribution in [-0.2, 0) is 9.09 Å². The lowest BCUT2D eigenvalue weighted by molar-refractivity contribution is 0.223. The van der Waals surface area contributed by atoms with Gasteiger partial charge in [0.15, 0.2) is 11.5 Å². The maximum atomic E-state index is 12.0. The van der Waals surface area contributed by atoms with Crippen LogP contribution in [0.5, 0.6) is 11.5 Å². The number of phosphoric acid groups is 1. The molecule has 0 aliphatic carbocycles. The van der Waals surface area contributed by atoms with Gasteiger partial charge in [-0.3, -0.25) is 4.52 Å². The van der Waals surface area contributed by atoms with Gasteiger partial charge >= 0.3 is 7.82 Å². The molecular formula is C11H15O4P. The monoisotopic (exact) mass is 242 g/mol. The summed E-state index contributed by atoms with van der Waals surface area (Å²) < 4.78 is 27.5. The molecule has 1 aromatic carbocycles. The zero-order chi connectivity index (χ0) is 11.4. The Kier molecular flexibility index (Phi) is 3.52. The Hall–Kier alpha value is -0.990. The van der Waals surface area contributed by atoms with Crippen LogP contribution in [0.3, 0.4) is 0 Å². The maximum Gasteiger partial charge on any atom is 0.587 e. The van der Waals surface area contributed by atoms with Gasteiger partial charge in [0.2, 0.25) is 0 Å². The molecule has 0 saturated heterocycles. The highest BCUT2D eigenvalue weighted by Gasteiger charge is 2.38. The number of rotatable bonds is 5. The highest BCUT2D eigenvalue weighted by atomic mass is 31.2. The molecule has 0 amide bonds. The van der Waals surface area contributed by atoms with Crippen LogP contribution in [0.2, 0.25) is 0 Å². The van der Waals surface area contributed by atoms with Gasteiger partial charge < -0.3 is 9.05 Å². The van der Waals surface area contributed by atoms with E-state index >= 15 is 0 Å². The van der Waals surface area contributed by atoms with Crippen LogP contribution in [0.4, 0.5) is 0 Å². The largest absolute Gasteiger partial charge is 0.587 e. The molecule has 0 N–H and O–H groups in total. The first kappa shape index (κ1) is 11.5. The Bertz CT molecular complexity index is 376. The smallest absolute Gasteiger partial charge is 0.391 e. The van der Waals surface area contributed by atoms with Crippen molar-refractivity contribution in [3.63, 3.8) is 0 Å². The third-order valence-electron chi connectivity index (χ3n) is 2.27. The van der Waals surface area contributed by atoms with Gasteiger partial charge in [-0.05, 0) is 18.6 Å². The molecule has 0 aromatic heterocycles. The van der Waals surface area contributed by atoms with E-state index in [-0.39, 0.29) is 0 Å². The van der Waals surface area contributed by atoms with Gasteiger partial charge in [-0.25, -0.2) is 4.57 Å². The standard InChI is InChI=1S/C11H15O4P/c1-2-3-6-9-13-16(12)14-10-7-4-5-8-11(10)15-16/h4-5,7-8H,2-3,6,9H2,1H3. The Balaban J connectivity index is 1.91. The number of unbranched alkanes of at least 4 members (excludes halogenated alkanes) is 2. The van der Waals surface area contributed by atoms with Crippen molar-refractivity contribution in [2.45, 2.75) is 26.2 Å². The quantitative estimate of drug-likeness (QED) is 0.582. The summed E-state index contributed by atoms with van der Waals surface area (Å²) in [5.41, 5.74) is 0. The molecule has 0 saturated carbocycles. The minimum absolute atomic E-state index is 0.402. The van der Waals surface area contributed by atoms with Crippen LogP contribution in [0.15, 0.2) is 24.3 Å². The number of fused-ring (bicyclic) bond motifs is 1. The van der Waals surface area contributed by atoms with E-state index in [0.717, 1.165) is 19.3 Å². The molecule has 1 heterocycles. The Morgan fingerprint density at radius 2 is 1.81 bits per heavy atom. The van der Waals surface area contributed by atoms with Crippen molar-refractivity contribution in [1.82, 2.24) is 0 Å². The zero-order valence-electron chi connectivity index (χ0n) is 9.22. The molecule has 16 heavy (non-hydrogen) atoms. The Morgan fingerprint density at radius 3 is 2.38 bits per heavy atom. The van der Waals surface area contributed by atoms with Crippen LogP contribution in [0, 0.1) is 0 Å². The van der Waals surface area contributed by atoms with E-state index in [0.29, 0.717) is 18.1 Å². The summed E-state index contributed by atoms with van der Waals surface area (Å²) in [7, 11) is -3.39. The van der Waals surface area contributed by atoms with E-state index in [1.807, 2.05) is 0 Å². The van der Waals surface area contributed by atoms with E-state index in [1.54, 1.807) is 24.3 Å². The van der Waals surface area contributed by atoms with Crippen molar-refractivity contribution < 1.29 is 18.1 Å².